The lowest BCUT2D eigenvalue weighted by Crippen LogP contribution is -2.26. The van der Waals surface area contributed by atoms with Gasteiger partial charge in [-0.25, -0.2) is 34.7 Å². The van der Waals surface area contributed by atoms with Gasteiger partial charge in [0.2, 0.25) is 28.2 Å². The van der Waals surface area contributed by atoms with Crippen molar-refractivity contribution in [2.24, 2.45) is 33.9 Å². The Bertz CT molecular complexity index is 6990. The summed E-state index contributed by atoms with van der Waals surface area (Å²) >= 11 is 23.3. The van der Waals surface area contributed by atoms with Crippen LogP contribution in [0.5, 0.6) is 0 Å². The van der Waals surface area contributed by atoms with Gasteiger partial charge in [0.15, 0.2) is 0 Å². The van der Waals surface area contributed by atoms with E-state index in [1.54, 1.807) is 62.1 Å². The van der Waals surface area contributed by atoms with Crippen LogP contribution in [-0.2, 0) is 28.2 Å². The highest BCUT2D eigenvalue weighted by Gasteiger charge is 2.35. The van der Waals surface area contributed by atoms with Crippen molar-refractivity contribution in [2.45, 2.75) is 127 Å². The predicted molar refractivity (Wildman–Crippen MR) is 520 cm³/mol. The van der Waals surface area contributed by atoms with E-state index in [1.165, 1.54) is 6.20 Å². The number of halogens is 6. The number of anilines is 5. The van der Waals surface area contributed by atoms with Crippen LogP contribution in [0.3, 0.4) is 0 Å². The Labute approximate surface area is 777 Å². The summed E-state index contributed by atoms with van der Waals surface area (Å²) in [5, 5.41) is 34.5. The Morgan fingerprint density at radius 2 is 0.698 bits per heavy atom. The molecule has 0 radical (unpaired) electrons. The van der Waals surface area contributed by atoms with E-state index < -0.39 is 0 Å². The second kappa shape index (κ2) is 37.1. The van der Waals surface area contributed by atoms with Gasteiger partial charge in [0.25, 0.3) is 22.2 Å². The summed E-state index contributed by atoms with van der Waals surface area (Å²) in [5.41, 5.74) is 29.1. The van der Waals surface area contributed by atoms with E-state index in [-0.39, 0.29) is 92.7 Å². The Balaban J connectivity index is 0.000000120. The first-order chi connectivity index (χ1) is 60.6. The van der Waals surface area contributed by atoms with Gasteiger partial charge in [-0.1, -0.05) is 84.4 Å². The summed E-state index contributed by atoms with van der Waals surface area (Å²) in [5.74, 6) is 1.99. The van der Waals surface area contributed by atoms with Gasteiger partial charge >= 0.3 is 0 Å². The van der Waals surface area contributed by atoms with Crippen molar-refractivity contribution in [1.29, 1.82) is 0 Å². The summed E-state index contributed by atoms with van der Waals surface area (Å²) < 4.78 is 17.2. The van der Waals surface area contributed by atoms with E-state index >= 15 is 0 Å². The molecule has 0 unspecified atom stereocenters. The number of aromatic nitrogens is 20. The first kappa shape index (κ1) is 87.8. The molecular formula is C89H85Cl3I3N27O4. The van der Waals surface area contributed by atoms with E-state index in [0.717, 1.165) is 167 Å². The van der Waals surface area contributed by atoms with Crippen molar-refractivity contribution in [2.75, 3.05) is 27.4 Å². The van der Waals surface area contributed by atoms with Crippen LogP contribution >= 0.6 is 103 Å². The monoisotopic (exact) mass is 2080 g/mol. The van der Waals surface area contributed by atoms with Crippen LogP contribution in [0.4, 0.5) is 35.0 Å². The number of benzene rings is 4. The second-order valence-electron chi connectivity index (χ2n) is 31.6. The van der Waals surface area contributed by atoms with Gasteiger partial charge in [-0.2, -0.15) is 30.4 Å². The van der Waals surface area contributed by atoms with Crippen LogP contribution in [0.25, 0.3) is 92.4 Å². The lowest BCUT2D eigenvalue weighted by Gasteiger charge is -2.22. The van der Waals surface area contributed by atoms with E-state index in [2.05, 4.69) is 151 Å². The van der Waals surface area contributed by atoms with Crippen LogP contribution in [0, 0.1) is 17.3 Å². The average Bonchev–Trinajstić information content (AvgIpc) is 0.955. The summed E-state index contributed by atoms with van der Waals surface area (Å²) in [4.78, 5) is 90.1. The topological polar surface area (TPSA) is 381 Å². The molecule has 9 N–H and O–H groups in total. The molecule has 4 saturated carbocycles. The number of nitrogens with two attached hydrogens (primary N) is 3. The minimum atomic E-state index is -0.274. The largest absolute Gasteiger partial charge is 0.371 e. The highest BCUT2D eigenvalue weighted by atomic mass is 127. The number of aryl methyl sites for hydroxylation is 4. The Hall–Kier alpha value is -11.6. The predicted octanol–water partition coefficient (Wildman–Crippen LogP) is 17.8. The molecule has 4 fully saturated rings. The van der Waals surface area contributed by atoms with E-state index in [9.17, 15) is 19.2 Å². The third-order valence-corrected chi connectivity index (χ3v) is 25.4. The van der Waals surface area contributed by atoms with Gasteiger partial charge in [0, 0.05) is 153 Å². The Morgan fingerprint density at radius 3 is 1.01 bits per heavy atom. The fourth-order valence-corrected chi connectivity index (χ4v) is 17.2. The number of nitrogen functional groups attached to an aromatic ring is 2. The molecule has 0 bridgehead atoms. The van der Waals surface area contributed by atoms with Gasteiger partial charge in [-0.05, 0) is 238 Å². The van der Waals surface area contributed by atoms with E-state index in [0.29, 0.717) is 34.0 Å². The maximum Gasteiger partial charge on any atom is 0.259 e. The normalized spacial score (nSPS) is 14.5. The van der Waals surface area contributed by atoms with Crippen molar-refractivity contribution in [1.82, 2.24) is 97.3 Å². The maximum absolute atomic E-state index is 13.8. The molecule has 0 amide bonds. The molecule has 642 valence electrons. The van der Waals surface area contributed by atoms with Crippen molar-refractivity contribution in [3.63, 3.8) is 0 Å². The van der Waals surface area contributed by atoms with Gasteiger partial charge in [0.05, 0.1) is 81.7 Å². The number of fused-ring (bicyclic) bond motifs is 4. The third kappa shape index (κ3) is 19.1. The molecule has 4 aliphatic carbocycles. The highest BCUT2D eigenvalue weighted by molar-refractivity contribution is 14.1. The number of nitrogens with zero attached hydrogens (tertiary/aromatic N) is 21. The number of rotatable bonds is 18. The average molecular weight is 2080 g/mol. The van der Waals surface area contributed by atoms with Crippen molar-refractivity contribution >= 4 is 181 Å². The van der Waals surface area contributed by atoms with Gasteiger partial charge < -0.3 is 51.4 Å². The number of nitrogens with one attached hydrogen (secondary N) is 3. The van der Waals surface area contributed by atoms with E-state index in [4.69, 9.17) is 58.6 Å². The molecular weight excluding hydrogens is 2000 g/mol. The van der Waals surface area contributed by atoms with Crippen LogP contribution in [-0.4, -0.2) is 97.3 Å². The van der Waals surface area contributed by atoms with Gasteiger partial charge in [0.1, 0.15) is 22.6 Å². The van der Waals surface area contributed by atoms with Gasteiger partial charge in [-0.15, -0.1) is 0 Å². The first-order valence-corrected chi connectivity index (χ1v) is 45.0. The summed E-state index contributed by atoms with van der Waals surface area (Å²) in [6, 6.07) is 32.3. The van der Waals surface area contributed by atoms with Crippen molar-refractivity contribution in [3.05, 3.63) is 273 Å². The highest BCUT2D eigenvalue weighted by Crippen LogP contribution is 2.44. The molecule has 12 heterocycles. The minimum absolute atomic E-state index is 0.0132. The second-order valence-corrected chi connectivity index (χ2v) is 36.1. The number of hydrogen-bond donors (Lipinski definition) is 6. The zero-order valence-electron chi connectivity index (χ0n) is 69.5. The standard InChI is InChI=1S/C23H22N8O.C22H20ClIN6O.C22H22IN7O.C18H20N4O.C4HCl2IN2/c1-13(28-21-18(25-2)11-26-23(24)29-21)19-9-14-5-4-6-17(15-10-27-30(3)12-15)20(14)22(32)31(19)16-7-8-16;1-12(27-20-17(24)10-25-22(23)28-20)18-8-13-4-3-5-16(14-9-26-29(2)11-14)19(13)21(31)30(18)15-6-7-15;1-12(27-20-17(23)10-25-22(24)28-20)18-8-13-4-3-5-16(14-9-26-29(2)11-14)19(13)21(31)30(18)15-6-7-15;1-11(19)16-8-12-4-3-5-15(13-9-20-21(2)10-13)17(12)18(23)22(16)14-6-7-14;5-3-2(7)1-8-4(6)9-3/h4-6,9-13,16H,7-8H2,1,3H3,(H3,24,26,28,29);3-5,8-12,15H,6-7H2,1-2H3,(H,25,27,28);3-5,8-12,15H,6-7H2,1-2H3,(H3,24,25,27,28);3-5,8-11,14H,6-7,19H2,1-2H3;1H/t13-;2*12-;11-;/m0000./s1. The molecule has 4 aromatic carbocycles. The third-order valence-electron chi connectivity index (χ3n) is 22.1. The fraction of sp³-hybridized carbons (Fsp3) is 0.270. The van der Waals surface area contributed by atoms with Gasteiger partial charge in [-0.3, -0.25) is 37.9 Å². The van der Waals surface area contributed by atoms with Crippen molar-refractivity contribution in [3.8, 4) is 44.5 Å². The SMILES string of the molecule is C[C@H](N)c1cc2cccc(-c3cnn(C)c3)c2c(=O)n1C1CC1.C[C@H](Nc1nc(Cl)ncc1I)c1cc2cccc(-c3cnn(C)c3)c2c(=O)n1C1CC1.C[C@H](Nc1nc(N)ncc1I)c1cc2cccc(-c3cnn(C)c3)c2c(=O)n1C1CC1.Clc1ncc(I)c(Cl)n1.[C-]#[N+]c1cnc(N)nc1N[C@@H](C)c1cc2cccc(-c3cnn(C)c3)c2c(=O)n1C1CC1. The van der Waals surface area contributed by atoms with Crippen LogP contribution in [0.2, 0.25) is 15.7 Å². The molecule has 126 heavy (non-hydrogen) atoms. The quantitative estimate of drug-likeness (QED) is 0.0201. The molecule has 12 aromatic heterocycles. The molecule has 4 aliphatic rings. The molecule has 20 rings (SSSR count). The zero-order valence-corrected chi connectivity index (χ0v) is 78.2. The summed E-state index contributed by atoms with van der Waals surface area (Å²) in [6.07, 6.45) is 29.3. The summed E-state index contributed by atoms with van der Waals surface area (Å²) in [6.45, 7) is 15.3. The Kier molecular flexibility index (Phi) is 25.9. The maximum atomic E-state index is 13.8. The first-order valence-electron chi connectivity index (χ1n) is 40.6. The van der Waals surface area contributed by atoms with Crippen molar-refractivity contribution < 1.29 is 0 Å². The zero-order chi connectivity index (χ0) is 88.8. The molecule has 0 saturated heterocycles. The van der Waals surface area contributed by atoms with E-state index in [1.807, 2.05) is 194 Å². The smallest absolute Gasteiger partial charge is 0.259 e. The number of hydrogen-bond acceptors (Lipinski definition) is 22. The molecule has 16 aromatic rings. The Morgan fingerprint density at radius 1 is 0.405 bits per heavy atom. The minimum Gasteiger partial charge on any atom is -0.371 e. The molecule has 0 spiro atoms. The number of pyridine rings is 4. The van der Waals surface area contributed by atoms with Crippen LogP contribution in [0.15, 0.2) is 191 Å². The summed E-state index contributed by atoms with van der Waals surface area (Å²) in [7, 11) is 7.50. The lowest BCUT2D eigenvalue weighted by atomic mass is 10.00. The molecule has 0 aliphatic heterocycles. The molecule has 37 heteroatoms. The lowest BCUT2D eigenvalue weighted by molar-refractivity contribution is 0.620. The molecule has 31 nitrogen and oxygen atoms in total. The molecule has 4 atom stereocenters. The fourth-order valence-electron chi connectivity index (χ4n) is 15.6. The van der Waals surface area contributed by atoms with Crippen LogP contribution < -0.4 is 55.4 Å². The van der Waals surface area contributed by atoms with Crippen LogP contribution in [0.1, 0.15) is 150 Å².